The number of halogens is 3. The molecule has 0 aliphatic rings. The van der Waals surface area contributed by atoms with Crippen molar-refractivity contribution >= 4 is 34.8 Å². The highest BCUT2D eigenvalue weighted by molar-refractivity contribution is 6.43. The standard InChI is InChI=1S/C9H9Cl3O3/c10-5-2-7(12)6(11)1-4(5)9(15)8(14)3-13/h1-2,8-9,13-15H,3H2. The third kappa shape index (κ3) is 2.97. The third-order valence-electron chi connectivity index (χ3n) is 1.91. The van der Waals surface area contributed by atoms with E-state index >= 15 is 0 Å². The number of rotatable bonds is 3. The van der Waals surface area contributed by atoms with Gasteiger partial charge in [0.05, 0.1) is 16.7 Å². The maximum absolute atomic E-state index is 9.59. The van der Waals surface area contributed by atoms with E-state index < -0.39 is 18.8 Å². The molecule has 2 atom stereocenters. The van der Waals surface area contributed by atoms with Gasteiger partial charge in [0.1, 0.15) is 12.2 Å². The zero-order chi connectivity index (χ0) is 11.6. The van der Waals surface area contributed by atoms with Crippen LogP contribution in [0.5, 0.6) is 0 Å². The molecule has 0 fully saturated rings. The lowest BCUT2D eigenvalue weighted by molar-refractivity contribution is -0.0152. The van der Waals surface area contributed by atoms with Crippen molar-refractivity contribution in [2.75, 3.05) is 6.61 Å². The van der Waals surface area contributed by atoms with Crippen LogP contribution in [0.15, 0.2) is 12.1 Å². The Morgan fingerprint density at radius 2 is 1.53 bits per heavy atom. The average molecular weight is 272 g/mol. The van der Waals surface area contributed by atoms with Crippen molar-refractivity contribution in [3.63, 3.8) is 0 Å². The highest BCUT2D eigenvalue weighted by Crippen LogP contribution is 2.33. The van der Waals surface area contributed by atoms with Crippen LogP contribution in [0.3, 0.4) is 0 Å². The minimum absolute atomic E-state index is 0.185. The van der Waals surface area contributed by atoms with Crippen LogP contribution in [-0.2, 0) is 0 Å². The predicted molar refractivity (Wildman–Crippen MR) is 59.5 cm³/mol. The number of aliphatic hydroxyl groups excluding tert-OH is 3. The van der Waals surface area contributed by atoms with Gasteiger partial charge in [-0.3, -0.25) is 0 Å². The predicted octanol–water partition coefficient (Wildman–Crippen LogP) is 2.03. The third-order valence-corrected chi connectivity index (χ3v) is 2.96. The largest absolute Gasteiger partial charge is 0.394 e. The van der Waals surface area contributed by atoms with Crippen LogP contribution in [-0.4, -0.2) is 28.0 Å². The summed E-state index contributed by atoms with van der Waals surface area (Å²) >= 11 is 17.2. The highest BCUT2D eigenvalue weighted by Gasteiger charge is 2.21. The number of aliphatic hydroxyl groups is 3. The first kappa shape index (κ1) is 13.0. The summed E-state index contributed by atoms with van der Waals surface area (Å²) in [5, 5.41) is 28.2. The first-order valence-electron chi connectivity index (χ1n) is 4.08. The van der Waals surface area contributed by atoms with E-state index in [2.05, 4.69) is 0 Å². The van der Waals surface area contributed by atoms with Crippen LogP contribution >= 0.6 is 34.8 Å². The number of hydrogen-bond acceptors (Lipinski definition) is 3. The SMILES string of the molecule is OCC(O)C(O)c1cc(Cl)c(Cl)cc1Cl. The Morgan fingerprint density at radius 3 is 2.07 bits per heavy atom. The van der Waals surface area contributed by atoms with E-state index in [0.717, 1.165) is 0 Å². The van der Waals surface area contributed by atoms with Crippen molar-refractivity contribution in [3.8, 4) is 0 Å². The van der Waals surface area contributed by atoms with Crippen molar-refractivity contribution in [2.45, 2.75) is 12.2 Å². The van der Waals surface area contributed by atoms with Gasteiger partial charge >= 0.3 is 0 Å². The molecule has 2 unspecified atom stereocenters. The van der Waals surface area contributed by atoms with Gasteiger partial charge in [-0.15, -0.1) is 0 Å². The van der Waals surface area contributed by atoms with Gasteiger partial charge in [-0.25, -0.2) is 0 Å². The van der Waals surface area contributed by atoms with Gasteiger partial charge < -0.3 is 15.3 Å². The number of hydrogen-bond donors (Lipinski definition) is 3. The lowest BCUT2D eigenvalue weighted by Crippen LogP contribution is -2.22. The van der Waals surface area contributed by atoms with Crippen molar-refractivity contribution in [1.82, 2.24) is 0 Å². The molecule has 0 heterocycles. The topological polar surface area (TPSA) is 60.7 Å². The van der Waals surface area contributed by atoms with E-state index in [-0.39, 0.29) is 20.6 Å². The second-order valence-corrected chi connectivity index (χ2v) is 4.20. The van der Waals surface area contributed by atoms with Gasteiger partial charge in [0.15, 0.2) is 0 Å². The first-order chi connectivity index (χ1) is 6.97. The van der Waals surface area contributed by atoms with Crippen molar-refractivity contribution in [2.24, 2.45) is 0 Å². The van der Waals surface area contributed by atoms with E-state index in [9.17, 15) is 10.2 Å². The van der Waals surface area contributed by atoms with Gasteiger partial charge in [0.25, 0.3) is 0 Å². The molecule has 0 saturated heterocycles. The molecule has 84 valence electrons. The Bertz CT molecular complexity index is 357. The Hall–Kier alpha value is -0.0300. The van der Waals surface area contributed by atoms with Crippen LogP contribution in [0.1, 0.15) is 11.7 Å². The van der Waals surface area contributed by atoms with Crippen molar-refractivity contribution in [1.29, 1.82) is 0 Å². The maximum atomic E-state index is 9.59. The fraction of sp³-hybridized carbons (Fsp3) is 0.333. The van der Waals surface area contributed by atoms with Gasteiger partial charge in [0, 0.05) is 10.6 Å². The summed E-state index contributed by atoms with van der Waals surface area (Å²) in [7, 11) is 0. The molecule has 1 aromatic carbocycles. The summed E-state index contributed by atoms with van der Waals surface area (Å²) in [5.41, 5.74) is 0.229. The molecule has 3 nitrogen and oxygen atoms in total. The lowest BCUT2D eigenvalue weighted by atomic mass is 10.1. The molecule has 0 bridgehead atoms. The highest BCUT2D eigenvalue weighted by atomic mass is 35.5. The lowest BCUT2D eigenvalue weighted by Gasteiger charge is -2.17. The normalized spacial score (nSPS) is 15.1. The molecule has 6 heteroatoms. The Morgan fingerprint density at radius 1 is 1.00 bits per heavy atom. The van der Waals surface area contributed by atoms with Crippen LogP contribution < -0.4 is 0 Å². The minimum Gasteiger partial charge on any atom is -0.394 e. The summed E-state index contributed by atoms with van der Waals surface area (Å²) in [5.74, 6) is 0. The fourth-order valence-electron chi connectivity index (χ4n) is 1.07. The molecule has 0 aliphatic carbocycles. The van der Waals surface area contributed by atoms with Crippen LogP contribution in [0.4, 0.5) is 0 Å². The van der Waals surface area contributed by atoms with Gasteiger partial charge in [-0.2, -0.15) is 0 Å². The van der Waals surface area contributed by atoms with Crippen LogP contribution in [0, 0.1) is 0 Å². The Kier molecular flexibility index (Phi) is 4.64. The molecular formula is C9H9Cl3O3. The van der Waals surface area contributed by atoms with Gasteiger partial charge in [-0.05, 0) is 12.1 Å². The molecule has 0 spiro atoms. The van der Waals surface area contributed by atoms with Crippen molar-refractivity contribution in [3.05, 3.63) is 32.8 Å². The van der Waals surface area contributed by atoms with Gasteiger partial charge in [0.2, 0.25) is 0 Å². The molecule has 3 N–H and O–H groups in total. The zero-order valence-electron chi connectivity index (χ0n) is 7.49. The van der Waals surface area contributed by atoms with E-state index in [1.54, 1.807) is 0 Å². The second kappa shape index (κ2) is 5.34. The molecule has 0 radical (unpaired) electrons. The molecule has 0 aromatic heterocycles. The summed E-state index contributed by atoms with van der Waals surface area (Å²) in [6.45, 7) is -0.572. The maximum Gasteiger partial charge on any atom is 0.109 e. The van der Waals surface area contributed by atoms with Crippen LogP contribution in [0.25, 0.3) is 0 Å². The average Bonchev–Trinajstić information content (AvgIpc) is 2.21. The smallest absolute Gasteiger partial charge is 0.109 e. The molecule has 1 aromatic rings. The molecular weight excluding hydrogens is 262 g/mol. The quantitative estimate of drug-likeness (QED) is 0.737. The summed E-state index contributed by atoms with van der Waals surface area (Å²) < 4.78 is 0. The van der Waals surface area contributed by atoms with Crippen molar-refractivity contribution < 1.29 is 15.3 Å². The molecule has 15 heavy (non-hydrogen) atoms. The Balaban J connectivity index is 3.09. The van der Waals surface area contributed by atoms with E-state index in [4.69, 9.17) is 39.9 Å². The zero-order valence-corrected chi connectivity index (χ0v) is 9.76. The van der Waals surface area contributed by atoms with E-state index in [1.807, 2.05) is 0 Å². The number of benzene rings is 1. The van der Waals surface area contributed by atoms with E-state index in [0.29, 0.717) is 0 Å². The fourth-order valence-corrected chi connectivity index (χ4v) is 1.74. The van der Waals surface area contributed by atoms with Gasteiger partial charge in [-0.1, -0.05) is 34.8 Å². The summed E-state index contributed by atoms with van der Waals surface area (Å²) in [6, 6.07) is 2.73. The molecule has 0 aliphatic heterocycles. The monoisotopic (exact) mass is 270 g/mol. The Labute approximate surface area is 102 Å². The van der Waals surface area contributed by atoms with E-state index in [1.165, 1.54) is 12.1 Å². The van der Waals surface area contributed by atoms with Crippen LogP contribution in [0.2, 0.25) is 15.1 Å². The molecule has 0 amide bonds. The first-order valence-corrected chi connectivity index (χ1v) is 5.22. The molecule has 0 saturated carbocycles. The second-order valence-electron chi connectivity index (χ2n) is 2.98. The summed E-state index contributed by atoms with van der Waals surface area (Å²) in [4.78, 5) is 0. The minimum atomic E-state index is -1.31. The summed E-state index contributed by atoms with van der Waals surface area (Å²) in [6.07, 6.45) is -2.60. The molecule has 1 rings (SSSR count).